The maximum atomic E-state index is 12.2. The molecular formula is C19H21N3O3S. The van der Waals surface area contributed by atoms with Gasteiger partial charge >= 0.3 is 0 Å². The highest BCUT2D eigenvalue weighted by Crippen LogP contribution is 2.38. The summed E-state index contributed by atoms with van der Waals surface area (Å²) >= 11 is 0. The predicted molar refractivity (Wildman–Crippen MR) is 105 cm³/mol. The molecule has 7 heteroatoms. The second-order valence-corrected chi connectivity index (χ2v) is 8.25. The molecule has 0 radical (unpaired) electrons. The number of carbonyl (C=O) groups excluding carboxylic acids is 1. The molecule has 26 heavy (non-hydrogen) atoms. The monoisotopic (exact) mass is 371 g/mol. The quantitative estimate of drug-likeness (QED) is 0.738. The first-order valence-electron chi connectivity index (χ1n) is 8.06. The summed E-state index contributed by atoms with van der Waals surface area (Å²) in [5.41, 5.74) is 11.0. The summed E-state index contributed by atoms with van der Waals surface area (Å²) in [5, 5.41) is 0.942. The van der Waals surface area contributed by atoms with E-state index in [4.69, 9.17) is 5.73 Å². The van der Waals surface area contributed by atoms with Gasteiger partial charge in [-0.3, -0.25) is 9.52 Å². The second kappa shape index (κ2) is 6.17. The molecule has 0 bridgehead atoms. The van der Waals surface area contributed by atoms with Crippen LogP contribution in [0.5, 0.6) is 0 Å². The van der Waals surface area contributed by atoms with Gasteiger partial charge in [0.2, 0.25) is 10.0 Å². The Morgan fingerprint density at radius 3 is 2.46 bits per heavy atom. The van der Waals surface area contributed by atoms with Crippen molar-refractivity contribution in [2.75, 3.05) is 11.0 Å². The van der Waals surface area contributed by atoms with E-state index >= 15 is 0 Å². The number of hydrogen-bond acceptors (Lipinski definition) is 3. The molecule has 6 nitrogen and oxygen atoms in total. The van der Waals surface area contributed by atoms with Crippen molar-refractivity contribution in [1.82, 2.24) is 4.57 Å². The molecule has 0 fully saturated rings. The summed E-state index contributed by atoms with van der Waals surface area (Å²) in [6.07, 6.45) is 1.10. The number of nitrogens with zero attached hydrogens (tertiary/aromatic N) is 1. The Labute approximate surface area is 152 Å². The van der Waals surface area contributed by atoms with Gasteiger partial charge in [0, 0.05) is 29.2 Å². The zero-order chi connectivity index (χ0) is 19.2. The average molecular weight is 371 g/mol. The number of nitrogens with one attached hydrogen (secondary N) is 1. The Hall–Kier alpha value is -2.80. The van der Waals surface area contributed by atoms with Crippen LogP contribution in [0, 0.1) is 13.8 Å². The lowest BCUT2D eigenvalue weighted by molar-refractivity contribution is 0.0993. The van der Waals surface area contributed by atoms with Gasteiger partial charge in [-0.15, -0.1) is 0 Å². The molecule has 3 N–H and O–H groups in total. The van der Waals surface area contributed by atoms with Crippen molar-refractivity contribution in [1.29, 1.82) is 0 Å². The number of anilines is 1. The molecule has 0 saturated carbocycles. The van der Waals surface area contributed by atoms with Crippen LogP contribution >= 0.6 is 0 Å². The number of primary amides is 1. The Balaban J connectivity index is 2.38. The highest BCUT2D eigenvalue weighted by molar-refractivity contribution is 7.92. The maximum absolute atomic E-state index is 12.2. The summed E-state index contributed by atoms with van der Waals surface area (Å²) in [4.78, 5) is 12.2. The van der Waals surface area contributed by atoms with Crippen molar-refractivity contribution in [2.24, 2.45) is 12.8 Å². The van der Waals surface area contributed by atoms with Crippen LogP contribution < -0.4 is 10.5 Å². The molecule has 3 aromatic rings. The first-order chi connectivity index (χ1) is 12.1. The zero-order valence-corrected chi connectivity index (χ0v) is 15.9. The summed E-state index contributed by atoms with van der Waals surface area (Å²) in [6.45, 7) is 4.02. The fourth-order valence-corrected chi connectivity index (χ4v) is 3.88. The van der Waals surface area contributed by atoms with Crippen LogP contribution in [0.1, 0.15) is 21.6 Å². The molecule has 0 spiro atoms. The summed E-state index contributed by atoms with van der Waals surface area (Å²) < 4.78 is 27.4. The smallest absolute Gasteiger partial charge is 0.266 e. The van der Waals surface area contributed by atoms with E-state index in [0.29, 0.717) is 16.9 Å². The maximum Gasteiger partial charge on any atom is 0.266 e. The van der Waals surface area contributed by atoms with Gasteiger partial charge in [0.25, 0.3) is 5.91 Å². The number of amides is 1. The van der Waals surface area contributed by atoms with E-state index < -0.39 is 15.9 Å². The minimum absolute atomic E-state index is 0.394. The van der Waals surface area contributed by atoms with Crippen molar-refractivity contribution >= 4 is 32.5 Å². The number of fused-ring (bicyclic) bond motifs is 1. The van der Waals surface area contributed by atoms with Crippen molar-refractivity contribution in [3.8, 4) is 11.1 Å². The van der Waals surface area contributed by atoms with Gasteiger partial charge in [-0.05, 0) is 48.7 Å². The van der Waals surface area contributed by atoms with E-state index in [0.717, 1.165) is 33.8 Å². The van der Waals surface area contributed by atoms with Crippen LogP contribution in [0.25, 0.3) is 22.0 Å². The summed E-state index contributed by atoms with van der Waals surface area (Å²) in [5.74, 6) is -0.530. The predicted octanol–water partition coefficient (Wildman–Crippen LogP) is 2.93. The average Bonchev–Trinajstić information content (AvgIpc) is 2.83. The standard InChI is InChI=1S/C19H21N3O3S/c1-11-8-9-15-16(12(11)2)17(18(19(20)23)22(15)3)13-6-5-7-14(10-13)21-26(4,24)25/h5-10,21H,1-4H3,(H2,20,23). The van der Waals surface area contributed by atoms with Gasteiger partial charge in [0.05, 0.1) is 6.26 Å². The lowest BCUT2D eigenvalue weighted by atomic mass is 9.96. The Morgan fingerprint density at radius 1 is 1.15 bits per heavy atom. The minimum atomic E-state index is -3.40. The highest BCUT2D eigenvalue weighted by atomic mass is 32.2. The van der Waals surface area contributed by atoms with Crippen LogP contribution in [0.3, 0.4) is 0 Å². The van der Waals surface area contributed by atoms with E-state index in [1.807, 2.05) is 32.0 Å². The van der Waals surface area contributed by atoms with E-state index in [1.54, 1.807) is 29.8 Å². The van der Waals surface area contributed by atoms with Crippen molar-refractivity contribution in [3.05, 3.63) is 53.2 Å². The van der Waals surface area contributed by atoms with E-state index in [-0.39, 0.29) is 0 Å². The largest absolute Gasteiger partial charge is 0.364 e. The molecule has 3 rings (SSSR count). The molecule has 0 aliphatic rings. The molecule has 136 valence electrons. The van der Waals surface area contributed by atoms with Gasteiger partial charge in [-0.25, -0.2) is 8.42 Å². The third-order valence-electron chi connectivity index (χ3n) is 4.59. The van der Waals surface area contributed by atoms with Crippen LogP contribution in [-0.4, -0.2) is 25.1 Å². The number of sulfonamides is 1. The Kier molecular flexibility index (Phi) is 4.28. The van der Waals surface area contributed by atoms with Gasteiger partial charge in [0.1, 0.15) is 5.69 Å². The minimum Gasteiger partial charge on any atom is -0.364 e. The molecular weight excluding hydrogens is 350 g/mol. The number of aromatic nitrogens is 1. The van der Waals surface area contributed by atoms with Crippen LogP contribution in [0.2, 0.25) is 0 Å². The lowest BCUT2D eigenvalue weighted by Gasteiger charge is -2.09. The zero-order valence-electron chi connectivity index (χ0n) is 15.1. The molecule has 1 amide bonds. The fourth-order valence-electron chi connectivity index (χ4n) is 3.32. The summed E-state index contributed by atoms with van der Waals surface area (Å²) in [6, 6.07) is 10.9. The molecule has 0 aliphatic heterocycles. The van der Waals surface area contributed by atoms with Crippen LogP contribution in [0.15, 0.2) is 36.4 Å². The molecule has 2 aromatic carbocycles. The SMILES string of the molecule is Cc1ccc2c(c1C)c(-c1cccc(NS(C)(=O)=O)c1)c(C(N)=O)n2C. The van der Waals surface area contributed by atoms with Crippen molar-refractivity contribution in [3.63, 3.8) is 0 Å². The molecule has 1 aromatic heterocycles. The molecule has 0 unspecified atom stereocenters. The molecule has 0 atom stereocenters. The number of benzene rings is 2. The molecule has 1 heterocycles. The highest BCUT2D eigenvalue weighted by Gasteiger charge is 2.22. The lowest BCUT2D eigenvalue weighted by Crippen LogP contribution is -2.16. The summed E-state index contributed by atoms with van der Waals surface area (Å²) in [7, 11) is -1.60. The number of carbonyl (C=O) groups is 1. The van der Waals surface area contributed by atoms with Gasteiger partial charge in [-0.1, -0.05) is 18.2 Å². The number of rotatable bonds is 4. The third kappa shape index (κ3) is 3.06. The number of nitrogens with two attached hydrogens (primary N) is 1. The van der Waals surface area contributed by atoms with Crippen molar-refractivity contribution < 1.29 is 13.2 Å². The van der Waals surface area contributed by atoms with Gasteiger partial charge in [0.15, 0.2) is 0 Å². The first kappa shape index (κ1) is 18.0. The van der Waals surface area contributed by atoms with Crippen LogP contribution in [-0.2, 0) is 17.1 Å². The number of hydrogen-bond donors (Lipinski definition) is 2. The Bertz CT molecular complexity index is 1140. The fraction of sp³-hybridized carbons (Fsp3) is 0.211. The van der Waals surface area contributed by atoms with Gasteiger partial charge < -0.3 is 10.3 Å². The number of aryl methyl sites for hydroxylation is 3. The van der Waals surface area contributed by atoms with Crippen LogP contribution in [0.4, 0.5) is 5.69 Å². The normalized spacial score (nSPS) is 11.7. The van der Waals surface area contributed by atoms with E-state index in [1.165, 1.54) is 0 Å². The Morgan fingerprint density at radius 2 is 1.85 bits per heavy atom. The second-order valence-electron chi connectivity index (χ2n) is 6.50. The van der Waals surface area contributed by atoms with Gasteiger partial charge in [-0.2, -0.15) is 0 Å². The molecule has 0 saturated heterocycles. The first-order valence-corrected chi connectivity index (χ1v) is 9.96. The topological polar surface area (TPSA) is 94.2 Å². The molecule has 0 aliphatic carbocycles. The van der Waals surface area contributed by atoms with E-state index in [9.17, 15) is 13.2 Å². The van der Waals surface area contributed by atoms with E-state index in [2.05, 4.69) is 4.72 Å². The van der Waals surface area contributed by atoms with Crippen molar-refractivity contribution in [2.45, 2.75) is 13.8 Å². The third-order valence-corrected chi connectivity index (χ3v) is 5.19.